The highest BCUT2D eigenvalue weighted by molar-refractivity contribution is 6.28. The van der Waals surface area contributed by atoms with Crippen molar-refractivity contribution in [3.63, 3.8) is 0 Å². The van der Waals surface area contributed by atoms with Gasteiger partial charge in [0.25, 0.3) is 0 Å². The van der Waals surface area contributed by atoms with Crippen molar-refractivity contribution in [2.45, 2.75) is 19.3 Å². The Morgan fingerprint density at radius 3 is 1.89 bits per heavy atom. The molecule has 0 atom stereocenters. The third kappa shape index (κ3) is 4.04. The predicted molar refractivity (Wildman–Crippen MR) is 229 cm³/mol. The highest BCUT2D eigenvalue weighted by atomic mass is 16.3. The average molecular weight is 687 g/mol. The molecule has 0 radical (unpaired) electrons. The molecule has 252 valence electrons. The van der Waals surface area contributed by atoms with E-state index in [0.717, 1.165) is 27.5 Å². The van der Waals surface area contributed by atoms with Gasteiger partial charge in [0.05, 0.1) is 0 Å². The van der Waals surface area contributed by atoms with Crippen molar-refractivity contribution in [2.24, 2.45) is 0 Å². The molecular weight excluding hydrogens is 653 g/mol. The van der Waals surface area contributed by atoms with Crippen molar-refractivity contribution in [3.8, 4) is 44.5 Å². The highest BCUT2D eigenvalue weighted by Gasteiger charge is 2.35. The maximum Gasteiger partial charge on any atom is 0.143 e. The topological polar surface area (TPSA) is 13.1 Å². The third-order valence-electron chi connectivity index (χ3n) is 12.4. The SMILES string of the molecule is CC1(C)c2ccccc2-c2ccc(-c3ccc(-c4ccc5ccc6cccc7ccc4c5c67)c4c3oc3cc5cc(-c6ccccc6)ccc5cc34)cc21. The first-order chi connectivity index (χ1) is 26.5. The van der Waals surface area contributed by atoms with Gasteiger partial charge >= 0.3 is 0 Å². The minimum absolute atomic E-state index is 0.0925. The van der Waals surface area contributed by atoms with Crippen LogP contribution in [0.3, 0.4) is 0 Å². The van der Waals surface area contributed by atoms with Crippen LogP contribution in [0.4, 0.5) is 0 Å². The molecule has 0 saturated carbocycles. The quantitative estimate of drug-likeness (QED) is 0.169. The summed E-state index contributed by atoms with van der Waals surface area (Å²) in [5, 5.41) is 12.4. The number of benzene rings is 10. The van der Waals surface area contributed by atoms with Crippen LogP contribution in [0.1, 0.15) is 25.0 Å². The maximum atomic E-state index is 7.11. The second-order valence-corrected chi connectivity index (χ2v) is 15.6. The molecule has 0 spiro atoms. The van der Waals surface area contributed by atoms with Gasteiger partial charge in [-0.2, -0.15) is 0 Å². The molecule has 1 aliphatic carbocycles. The zero-order valence-electron chi connectivity index (χ0n) is 30.1. The van der Waals surface area contributed by atoms with Crippen LogP contribution < -0.4 is 0 Å². The smallest absolute Gasteiger partial charge is 0.143 e. The van der Waals surface area contributed by atoms with Crippen molar-refractivity contribution < 1.29 is 4.42 Å². The molecule has 1 heteroatoms. The molecule has 1 nitrogen and oxygen atoms in total. The van der Waals surface area contributed by atoms with Gasteiger partial charge in [-0.15, -0.1) is 0 Å². The fourth-order valence-corrected chi connectivity index (χ4v) is 9.73. The summed E-state index contributed by atoms with van der Waals surface area (Å²) in [7, 11) is 0. The van der Waals surface area contributed by atoms with Gasteiger partial charge in [0, 0.05) is 21.8 Å². The lowest BCUT2D eigenvalue weighted by Crippen LogP contribution is -2.14. The Labute approximate surface area is 313 Å². The molecule has 0 N–H and O–H groups in total. The van der Waals surface area contributed by atoms with Crippen LogP contribution in [-0.2, 0) is 5.41 Å². The van der Waals surface area contributed by atoms with E-state index in [-0.39, 0.29) is 5.41 Å². The van der Waals surface area contributed by atoms with Crippen LogP contribution in [0.15, 0.2) is 174 Å². The molecule has 0 amide bonds. The molecule has 1 heterocycles. The molecule has 0 fully saturated rings. The largest absolute Gasteiger partial charge is 0.455 e. The van der Waals surface area contributed by atoms with Crippen molar-refractivity contribution in [1.82, 2.24) is 0 Å². The lowest BCUT2D eigenvalue weighted by Gasteiger charge is -2.22. The summed E-state index contributed by atoms with van der Waals surface area (Å²) in [4.78, 5) is 0. The Kier molecular flexibility index (Phi) is 5.90. The van der Waals surface area contributed by atoms with Gasteiger partial charge < -0.3 is 4.42 Å². The van der Waals surface area contributed by atoms with E-state index in [0.29, 0.717) is 0 Å². The molecule has 0 aliphatic heterocycles. The maximum absolute atomic E-state index is 7.11. The molecule has 54 heavy (non-hydrogen) atoms. The van der Waals surface area contributed by atoms with E-state index in [9.17, 15) is 0 Å². The number of hydrogen-bond donors (Lipinski definition) is 0. The second kappa shape index (κ2) is 10.7. The van der Waals surface area contributed by atoms with Crippen LogP contribution >= 0.6 is 0 Å². The first-order valence-corrected chi connectivity index (χ1v) is 18.9. The summed E-state index contributed by atoms with van der Waals surface area (Å²) < 4.78 is 7.11. The first-order valence-electron chi connectivity index (χ1n) is 18.9. The van der Waals surface area contributed by atoms with E-state index in [4.69, 9.17) is 4.42 Å². The van der Waals surface area contributed by atoms with Gasteiger partial charge in [0.2, 0.25) is 0 Å². The lowest BCUT2D eigenvalue weighted by atomic mass is 9.81. The Morgan fingerprint density at radius 1 is 0.352 bits per heavy atom. The van der Waals surface area contributed by atoms with Crippen LogP contribution in [0.5, 0.6) is 0 Å². The second-order valence-electron chi connectivity index (χ2n) is 15.6. The lowest BCUT2D eigenvalue weighted by molar-refractivity contribution is 0.660. The van der Waals surface area contributed by atoms with Gasteiger partial charge in [-0.3, -0.25) is 0 Å². The van der Waals surface area contributed by atoms with Gasteiger partial charge in [0.15, 0.2) is 0 Å². The molecule has 1 aliphatic rings. The van der Waals surface area contributed by atoms with Gasteiger partial charge in [-0.1, -0.05) is 153 Å². The van der Waals surface area contributed by atoms with E-state index < -0.39 is 0 Å². The third-order valence-corrected chi connectivity index (χ3v) is 12.4. The molecule has 0 bridgehead atoms. The van der Waals surface area contributed by atoms with Crippen molar-refractivity contribution in [3.05, 3.63) is 181 Å². The zero-order chi connectivity index (χ0) is 35.7. The molecular formula is C53H34O. The van der Waals surface area contributed by atoms with Crippen molar-refractivity contribution in [1.29, 1.82) is 0 Å². The first kappa shape index (κ1) is 29.8. The number of hydrogen-bond acceptors (Lipinski definition) is 1. The summed E-state index contributed by atoms with van der Waals surface area (Å²) in [5.41, 5.74) is 14.3. The van der Waals surface area contributed by atoms with E-state index in [1.807, 2.05) is 0 Å². The summed E-state index contributed by atoms with van der Waals surface area (Å²) in [5.74, 6) is 0. The Bertz CT molecular complexity index is 3330. The van der Waals surface area contributed by atoms with Crippen LogP contribution in [0.2, 0.25) is 0 Å². The normalized spacial score (nSPS) is 13.5. The summed E-state index contributed by atoms with van der Waals surface area (Å²) in [6.45, 7) is 4.70. The van der Waals surface area contributed by atoms with Crippen LogP contribution in [0, 0.1) is 0 Å². The Morgan fingerprint density at radius 2 is 1.02 bits per heavy atom. The highest BCUT2D eigenvalue weighted by Crippen LogP contribution is 2.51. The molecule has 1 aromatic heterocycles. The van der Waals surface area contributed by atoms with Gasteiger partial charge in [-0.05, 0) is 123 Å². The molecule has 10 aromatic carbocycles. The fraction of sp³-hybridized carbons (Fsp3) is 0.0566. The van der Waals surface area contributed by atoms with Gasteiger partial charge in [-0.25, -0.2) is 0 Å². The van der Waals surface area contributed by atoms with E-state index in [1.54, 1.807) is 0 Å². The van der Waals surface area contributed by atoms with Crippen LogP contribution in [-0.4, -0.2) is 0 Å². The Balaban J connectivity index is 1.15. The number of furan rings is 1. The van der Waals surface area contributed by atoms with Crippen molar-refractivity contribution in [2.75, 3.05) is 0 Å². The minimum Gasteiger partial charge on any atom is -0.455 e. The van der Waals surface area contributed by atoms with Crippen molar-refractivity contribution >= 4 is 65.0 Å². The number of rotatable bonds is 3. The fourth-order valence-electron chi connectivity index (χ4n) is 9.73. The van der Waals surface area contributed by atoms with Gasteiger partial charge in [0.1, 0.15) is 11.2 Å². The molecule has 12 rings (SSSR count). The molecule has 0 saturated heterocycles. The standard InChI is InChI=1S/C53H34O/c1-53(2)46-14-7-6-13-41(46)42-23-21-37(29-47(42)53)39-25-26-44(40-22-19-34-16-15-32-11-8-12-33-20-24-43(40)50(34)49(32)33)51-45-28-36-18-17-35(31-9-4-3-5-10-31)27-38(36)30-48(45)54-52(39)51/h3-30H,1-2H3. The molecule has 11 aromatic rings. The van der Waals surface area contributed by atoms with E-state index in [1.165, 1.54) is 93.2 Å². The number of fused-ring (bicyclic) bond motifs is 7. The van der Waals surface area contributed by atoms with E-state index in [2.05, 4.69) is 184 Å². The predicted octanol–water partition coefficient (Wildman–Crippen LogP) is 14.9. The average Bonchev–Trinajstić information content (AvgIpc) is 3.70. The minimum atomic E-state index is -0.0925. The molecule has 0 unspecified atom stereocenters. The van der Waals surface area contributed by atoms with Crippen LogP contribution in [0.25, 0.3) is 110 Å². The monoisotopic (exact) mass is 686 g/mol. The zero-order valence-corrected chi connectivity index (χ0v) is 30.1. The van der Waals surface area contributed by atoms with E-state index >= 15 is 0 Å². The summed E-state index contributed by atoms with van der Waals surface area (Å²) in [6, 6.07) is 62.9. The summed E-state index contributed by atoms with van der Waals surface area (Å²) >= 11 is 0. The Hall–Kier alpha value is -6.70. The summed E-state index contributed by atoms with van der Waals surface area (Å²) in [6.07, 6.45) is 0.